The van der Waals surface area contributed by atoms with Crippen molar-refractivity contribution in [3.8, 4) is 0 Å². The second-order valence-corrected chi connectivity index (χ2v) is 6.64. The Bertz CT molecular complexity index is 464. The van der Waals surface area contributed by atoms with Crippen molar-refractivity contribution in [2.75, 3.05) is 6.54 Å². The molecule has 1 atom stereocenters. The molecule has 1 N–H and O–H groups in total. The zero-order valence-electron chi connectivity index (χ0n) is 12.7. The molecule has 2 heteroatoms. The van der Waals surface area contributed by atoms with Gasteiger partial charge in [0.1, 0.15) is 0 Å². The first kappa shape index (κ1) is 15.8. The number of likely N-dealkylation sites (N-methyl/N-ethyl adjacent to an activating group) is 1. The molecule has 110 valence electrons. The molecule has 0 saturated heterocycles. The maximum Gasteiger partial charge on any atom is 0.0538 e. The van der Waals surface area contributed by atoms with E-state index >= 15 is 0 Å². The van der Waals surface area contributed by atoms with Crippen LogP contribution in [0.2, 0.25) is 0 Å². The summed E-state index contributed by atoms with van der Waals surface area (Å²) in [5.41, 5.74) is 4.40. The zero-order valence-corrected chi connectivity index (χ0v) is 14.3. The fraction of sp³-hybridized carbons (Fsp3) is 0.556. The largest absolute Gasteiger partial charge is 0.307 e. The zero-order chi connectivity index (χ0) is 14.4. The van der Waals surface area contributed by atoms with Gasteiger partial charge < -0.3 is 5.32 Å². The number of allylic oxidation sites excluding steroid dienone is 1. The van der Waals surface area contributed by atoms with E-state index in [0.717, 1.165) is 6.54 Å². The van der Waals surface area contributed by atoms with Crippen LogP contribution in [-0.2, 0) is 0 Å². The second-order valence-electron chi connectivity index (χ2n) is 5.72. The molecule has 0 aromatic heterocycles. The van der Waals surface area contributed by atoms with Crippen LogP contribution in [0.3, 0.4) is 0 Å². The predicted molar refractivity (Wildman–Crippen MR) is 91.1 cm³/mol. The third-order valence-electron chi connectivity index (χ3n) is 4.15. The Morgan fingerprint density at radius 2 is 2.00 bits per heavy atom. The molecule has 1 aromatic carbocycles. The van der Waals surface area contributed by atoms with Gasteiger partial charge in [0.25, 0.3) is 0 Å². The van der Waals surface area contributed by atoms with Gasteiger partial charge in [-0.2, -0.15) is 0 Å². The molecule has 0 heterocycles. The van der Waals surface area contributed by atoms with Gasteiger partial charge in [-0.1, -0.05) is 53.4 Å². The van der Waals surface area contributed by atoms with Gasteiger partial charge in [-0.25, -0.2) is 0 Å². The van der Waals surface area contributed by atoms with Crippen LogP contribution in [0, 0.1) is 6.92 Å². The van der Waals surface area contributed by atoms with Gasteiger partial charge >= 0.3 is 0 Å². The van der Waals surface area contributed by atoms with Crippen LogP contribution in [-0.4, -0.2) is 6.54 Å². The Balaban J connectivity index is 2.29. The number of benzene rings is 1. The Morgan fingerprint density at radius 1 is 1.20 bits per heavy atom. The van der Waals surface area contributed by atoms with Crippen molar-refractivity contribution in [2.24, 2.45) is 0 Å². The number of hydrogen-bond donors (Lipinski definition) is 1. The monoisotopic (exact) mass is 335 g/mol. The lowest BCUT2D eigenvalue weighted by molar-refractivity contribution is 0.552. The quantitative estimate of drug-likeness (QED) is 0.697. The summed E-state index contributed by atoms with van der Waals surface area (Å²) in [4.78, 5) is 0. The molecular formula is C18H26BrN. The van der Waals surface area contributed by atoms with Crippen molar-refractivity contribution in [1.82, 2.24) is 5.32 Å². The lowest BCUT2D eigenvalue weighted by Crippen LogP contribution is -2.24. The Labute approximate surface area is 132 Å². The fourth-order valence-corrected chi connectivity index (χ4v) is 3.56. The maximum atomic E-state index is 3.69. The van der Waals surface area contributed by atoms with Crippen molar-refractivity contribution in [3.05, 3.63) is 45.4 Å². The summed E-state index contributed by atoms with van der Waals surface area (Å²) in [6.45, 7) is 5.43. The average Bonchev–Trinajstić information content (AvgIpc) is 2.37. The standard InChI is InChI=1S/C18H26BrN/c1-3-20-18(15-9-7-5-4-6-8-10-15)17-12-11-16(19)13-14(17)2/h9,11-13,18,20H,3-8,10H2,1-2H3/b15-9+. The molecule has 0 spiro atoms. The number of nitrogens with one attached hydrogen (secondary N) is 1. The Hall–Kier alpha value is -0.600. The number of rotatable bonds is 4. The van der Waals surface area contributed by atoms with Gasteiger partial charge in [0.15, 0.2) is 0 Å². The highest BCUT2D eigenvalue weighted by Gasteiger charge is 2.18. The van der Waals surface area contributed by atoms with Crippen LogP contribution in [0.4, 0.5) is 0 Å². The average molecular weight is 336 g/mol. The topological polar surface area (TPSA) is 12.0 Å². The van der Waals surface area contributed by atoms with E-state index in [0.29, 0.717) is 6.04 Å². The van der Waals surface area contributed by atoms with E-state index in [-0.39, 0.29) is 0 Å². The van der Waals surface area contributed by atoms with E-state index in [1.165, 1.54) is 54.1 Å². The molecule has 1 aliphatic rings. The van der Waals surface area contributed by atoms with Gasteiger partial charge in [-0.3, -0.25) is 0 Å². The highest BCUT2D eigenvalue weighted by atomic mass is 79.9. The molecule has 0 fully saturated rings. The number of halogens is 1. The van der Waals surface area contributed by atoms with Crippen molar-refractivity contribution < 1.29 is 0 Å². The Morgan fingerprint density at radius 3 is 2.75 bits per heavy atom. The van der Waals surface area contributed by atoms with Gasteiger partial charge in [0.2, 0.25) is 0 Å². The second kappa shape index (κ2) is 7.99. The predicted octanol–water partition coefficient (Wildman–Crippen LogP) is 5.69. The fourth-order valence-electron chi connectivity index (χ4n) is 3.09. The summed E-state index contributed by atoms with van der Waals surface area (Å²) in [5.74, 6) is 0. The van der Waals surface area contributed by atoms with E-state index in [1.807, 2.05) is 0 Å². The SMILES string of the molecule is CCNC(/C1=C/CCCCCC1)c1ccc(Br)cc1C. The minimum absolute atomic E-state index is 0.395. The summed E-state index contributed by atoms with van der Waals surface area (Å²) in [6.07, 6.45) is 10.4. The molecule has 1 nitrogen and oxygen atoms in total. The van der Waals surface area contributed by atoms with Gasteiger partial charge in [-0.05, 0) is 62.4 Å². The minimum atomic E-state index is 0.395. The Kier molecular flexibility index (Phi) is 6.31. The summed E-state index contributed by atoms with van der Waals surface area (Å²) in [5, 5.41) is 3.69. The first-order valence-electron chi connectivity index (χ1n) is 7.90. The van der Waals surface area contributed by atoms with Crippen LogP contribution in [0.15, 0.2) is 34.3 Å². The van der Waals surface area contributed by atoms with Crippen LogP contribution >= 0.6 is 15.9 Å². The molecule has 0 saturated carbocycles. The third-order valence-corrected chi connectivity index (χ3v) is 4.64. The van der Waals surface area contributed by atoms with Crippen LogP contribution < -0.4 is 5.32 Å². The molecule has 1 aromatic rings. The van der Waals surface area contributed by atoms with Gasteiger partial charge in [0, 0.05) is 4.47 Å². The van der Waals surface area contributed by atoms with Crippen LogP contribution in [0.5, 0.6) is 0 Å². The molecule has 0 aliphatic heterocycles. The third kappa shape index (κ3) is 4.20. The molecule has 1 aliphatic carbocycles. The lowest BCUT2D eigenvalue weighted by atomic mass is 9.89. The van der Waals surface area contributed by atoms with E-state index in [4.69, 9.17) is 0 Å². The first-order valence-corrected chi connectivity index (χ1v) is 8.70. The minimum Gasteiger partial charge on any atom is -0.307 e. The smallest absolute Gasteiger partial charge is 0.0538 e. The first-order chi connectivity index (χ1) is 9.72. The molecule has 2 rings (SSSR count). The van der Waals surface area contributed by atoms with E-state index in [9.17, 15) is 0 Å². The maximum absolute atomic E-state index is 3.69. The summed E-state index contributed by atoms with van der Waals surface area (Å²) in [6, 6.07) is 7.05. The molecular weight excluding hydrogens is 310 g/mol. The van der Waals surface area contributed by atoms with E-state index in [1.54, 1.807) is 5.57 Å². The molecule has 0 radical (unpaired) electrons. The molecule has 20 heavy (non-hydrogen) atoms. The van der Waals surface area contributed by atoms with Crippen molar-refractivity contribution in [1.29, 1.82) is 0 Å². The normalized spacial score (nSPS) is 20.6. The summed E-state index contributed by atoms with van der Waals surface area (Å²) in [7, 11) is 0. The number of hydrogen-bond acceptors (Lipinski definition) is 1. The van der Waals surface area contributed by atoms with E-state index < -0.39 is 0 Å². The molecule has 0 amide bonds. The van der Waals surface area contributed by atoms with Crippen LogP contribution in [0.25, 0.3) is 0 Å². The summed E-state index contributed by atoms with van der Waals surface area (Å²) < 4.78 is 1.17. The van der Waals surface area contributed by atoms with Crippen molar-refractivity contribution in [3.63, 3.8) is 0 Å². The van der Waals surface area contributed by atoms with Crippen molar-refractivity contribution in [2.45, 2.75) is 58.4 Å². The van der Waals surface area contributed by atoms with Crippen LogP contribution in [0.1, 0.15) is 62.6 Å². The lowest BCUT2D eigenvalue weighted by Gasteiger charge is -2.25. The number of aryl methyl sites for hydroxylation is 1. The molecule has 0 bridgehead atoms. The highest BCUT2D eigenvalue weighted by Crippen LogP contribution is 2.31. The van der Waals surface area contributed by atoms with E-state index in [2.05, 4.69) is 59.4 Å². The van der Waals surface area contributed by atoms with Crippen molar-refractivity contribution >= 4 is 15.9 Å². The summed E-state index contributed by atoms with van der Waals surface area (Å²) >= 11 is 3.57. The van der Waals surface area contributed by atoms with Gasteiger partial charge in [-0.15, -0.1) is 0 Å². The molecule has 1 unspecified atom stereocenters. The highest BCUT2D eigenvalue weighted by molar-refractivity contribution is 9.10. The van der Waals surface area contributed by atoms with Gasteiger partial charge in [0.05, 0.1) is 6.04 Å².